The zero-order chi connectivity index (χ0) is 19.8. The molecule has 1 amide bonds. The summed E-state index contributed by atoms with van der Waals surface area (Å²) >= 11 is 0. The first-order chi connectivity index (χ1) is 14.2. The van der Waals surface area contributed by atoms with E-state index in [9.17, 15) is 9.59 Å². The van der Waals surface area contributed by atoms with Crippen molar-refractivity contribution in [2.24, 2.45) is 0 Å². The van der Waals surface area contributed by atoms with E-state index in [1.807, 2.05) is 12.1 Å². The molecule has 0 saturated heterocycles. The second kappa shape index (κ2) is 7.01. The van der Waals surface area contributed by atoms with Crippen LogP contribution in [0.1, 0.15) is 30.0 Å². The topological polar surface area (TPSA) is 101 Å². The van der Waals surface area contributed by atoms with Crippen molar-refractivity contribution in [1.29, 1.82) is 0 Å². The third-order valence-electron chi connectivity index (χ3n) is 4.96. The fraction of sp³-hybridized carbons (Fsp3) is 0.182. The first-order valence-corrected chi connectivity index (χ1v) is 9.49. The Labute approximate surface area is 165 Å². The van der Waals surface area contributed by atoms with Crippen LogP contribution in [0.4, 0.5) is 5.82 Å². The van der Waals surface area contributed by atoms with Crippen LogP contribution in [0.2, 0.25) is 0 Å². The van der Waals surface area contributed by atoms with E-state index in [1.165, 1.54) is 6.07 Å². The number of fused-ring (bicyclic) bond motifs is 1. The lowest BCUT2D eigenvalue weighted by Gasteiger charge is -2.05. The lowest BCUT2D eigenvalue weighted by Crippen LogP contribution is -2.15. The Morgan fingerprint density at radius 2 is 2.07 bits per heavy atom. The van der Waals surface area contributed by atoms with Crippen molar-refractivity contribution in [2.75, 3.05) is 5.32 Å². The van der Waals surface area contributed by atoms with Crippen LogP contribution >= 0.6 is 0 Å². The molecule has 1 aromatic carbocycles. The Balaban J connectivity index is 1.35. The number of hydrogen-bond acceptors (Lipinski definition) is 5. The molecule has 0 atom stereocenters. The molecule has 0 bridgehead atoms. The number of carbonyl (C=O) groups excluding carboxylic acids is 1. The van der Waals surface area contributed by atoms with Crippen LogP contribution in [0.15, 0.2) is 63.9 Å². The molecular weight excluding hydrogens is 368 g/mol. The number of nitrogens with one attached hydrogen (secondary N) is 2. The number of carbonyl (C=O) groups is 1. The molecule has 1 saturated carbocycles. The smallest absolute Gasteiger partial charge is 0.229 e. The molecule has 1 fully saturated rings. The van der Waals surface area contributed by atoms with Crippen molar-refractivity contribution in [3.63, 3.8) is 0 Å². The minimum Gasteiger partial charge on any atom is -0.454 e. The Bertz CT molecular complexity index is 1260. The van der Waals surface area contributed by atoms with Gasteiger partial charge in [0.05, 0.1) is 11.8 Å². The molecule has 0 radical (unpaired) electrons. The lowest BCUT2D eigenvalue weighted by atomic mass is 10.1. The molecule has 0 unspecified atom stereocenters. The number of aromatic nitrogens is 3. The molecule has 0 spiro atoms. The number of nitrogens with zero attached hydrogens (tertiary/aromatic N) is 2. The van der Waals surface area contributed by atoms with Crippen LogP contribution in [-0.2, 0) is 11.2 Å². The predicted octanol–water partition coefficient (Wildman–Crippen LogP) is 3.64. The molecule has 0 aliphatic heterocycles. The molecule has 29 heavy (non-hydrogen) atoms. The highest BCUT2D eigenvalue weighted by Crippen LogP contribution is 2.39. The summed E-state index contributed by atoms with van der Waals surface area (Å²) in [6.45, 7) is 0. The summed E-state index contributed by atoms with van der Waals surface area (Å²) in [4.78, 5) is 29.1. The van der Waals surface area contributed by atoms with Gasteiger partial charge in [0, 0.05) is 29.9 Å². The number of H-pyrrole nitrogens is 1. The monoisotopic (exact) mass is 386 g/mol. The normalized spacial score (nSPS) is 13.5. The van der Waals surface area contributed by atoms with Crippen molar-refractivity contribution in [3.05, 3.63) is 76.2 Å². The van der Waals surface area contributed by atoms with Crippen LogP contribution in [-0.4, -0.2) is 21.1 Å². The molecule has 144 valence electrons. The second-order valence-corrected chi connectivity index (χ2v) is 7.23. The molecule has 7 nitrogen and oxygen atoms in total. The average molecular weight is 386 g/mol. The van der Waals surface area contributed by atoms with Gasteiger partial charge in [0.1, 0.15) is 11.3 Å². The molecule has 1 aliphatic rings. The van der Waals surface area contributed by atoms with Gasteiger partial charge in [0.15, 0.2) is 17.0 Å². The van der Waals surface area contributed by atoms with Gasteiger partial charge < -0.3 is 9.73 Å². The van der Waals surface area contributed by atoms with Crippen molar-refractivity contribution >= 4 is 22.7 Å². The van der Waals surface area contributed by atoms with Crippen LogP contribution in [0.3, 0.4) is 0 Å². The van der Waals surface area contributed by atoms with Gasteiger partial charge in [-0.15, -0.1) is 0 Å². The third-order valence-corrected chi connectivity index (χ3v) is 4.96. The van der Waals surface area contributed by atoms with E-state index in [1.54, 1.807) is 36.5 Å². The van der Waals surface area contributed by atoms with Gasteiger partial charge in [-0.2, -0.15) is 5.10 Å². The zero-order valence-corrected chi connectivity index (χ0v) is 15.5. The average Bonchev–Trinajstić information content (AvgIpc) is 3.48. The first-order valence-electron chi connectivity index (χ1n) is 9.49. The Morgan fingerprint density at radius 1 is 1.17 bits per heavy atom. The van der Waals surface area contributed by atoms with Crippen molar-refractivity contribution < 1.29 is 9.21 Å². The highest BCUT2D eigenvalue weighted by Gasteiger charge is 2.25. The summed E-state index contributed by atoms with van der Waals surface area (Å²) in [5, 5.41) is 10.3. The second-order valence-electron chi connectivity index (χ2n) is 7.23. The van der Waals surface area contributed by atoms with Crippen LogP contribution in [0.5, 0.6) is 0 Å². The summed E-state index contributed by atoms with van der Waals surface area (Å²) in [5.74, 6) is 1.30. The maximum absolute atomic E-state index is 12.6. The molecule has 2 N–H and O–H groups in total. The van der Waals surface area contributed by atoms with Crippen LogP contribution in [0.25, 0.3) is 22.4 Å². The van der Waals surface area contributed by atoms with E-state index in [0.717, 1.165) is 24.1 Å². The highest BCUT2D eigenvalue weighted by atomic mass is 16.3. The molecule has 1 aliphatic carbocycles. The lowest BCUT2D eigenvalue weighted by molar-refractivity contribution is -0.115. The van der Waals surface area contributed by atoms with Gasteiger partial charge >= 0.3 is 0 Å². The van der Waals surface area contributed by atoms with Gasteiger partial charge in [0.2, 0.25) is 5.91 Å². The summed E-state index contributed by atoms with van der Waals surface area (Å²) in [6, 6.07) is 13.9. The van der Waals surface area contributed by atoms with E-state index in [0.29, 0.717) is 34.2 Å². The van der Waals surface area contributed by atoms with Gasteiger partial charge in [0.25, 0.3) is 0 Å². The molecule has 4 aromatic rings. The van der Waals surface area contributed by atoms with Crippen LogP contribution < -0.4 is 10.7 Å². The summed E-state index contributed by atoms with van der Waals surface area (Å²) < 4.78 is 5.84. The highest BCUT2D eigenvalue weighted by molar-refractivity contribution is 5.92. The van der Waals surface area contributed by atoms with E-state index in [2.05, 4.69) is 20.5 Å². The summed E-state index contributed by atoms with van der Waals surface area (Å²) in [7, 11) is 0. The summed E-state index contributed by atoms with van der Waals surface area (Å²) in [5.41, 5.74) is 2.68. The molecular formula is C22H18N4O3. The van der Waals surface area contributed by atoms with Crippen molar-refractivity contribution in [3.8, 4) is 11.5 Å². The number of hydrogen-bond donors (Lipinski definition) is 2. The van der Waals surface area contributed by atoms with E-state index < -0.39 is 0 Å². The number of pyridine rings is 1. The maximum Gasteiger partial charge on any atom is 0.229 e. The molecule has 3 heterocycles. The van der Waals surface area contributed by atoms with Gasteiger partial charge in [-0.1, -0.05) is 12.1 Å². The SMILES string of the molecule is O=C(Cc1ccc2oc(-c3ccccn3)cc(=O)c2c1)Nc1cc(C2CC2)[nH]n1. The number of benzene rings is 1. The number of amides is 1. The largest absolute Gasteiger partial charge is 0.454 e. The van der Waals surface area contributed by atoms with Gasteiger partial charge in [-0.25, -0.2) is 0 Å². The molecule has 5 rings (SSSR count). The van der Waals surface area contributed by atoms with Gasteiger partial charge in [-0.05, 0) is 42.7 Å². The van der Waals surface area contributed by atoms with E-state index in [-0.39, 0.29) is 17.8 Å². The van der Waals surface area contributed by atoms with Gasteiger partial charge in [-0.3, -0.25) is 19.7 Å². The number of anilines is 1. The molecule has 3 aromatic heterocycles. The molecule has 7 heteroatoms. The predicted molar refractivity (Wildman–Crippen MR) is 109 cm³/mol. The fourth-order valence-corrected chi connectivity index (χ4v) is 3.32. The Morgan fingerprint density at radius 3 is 2.86 bits per heavy atom. The van der Waals surface area contributed by atoms with E-state index in [4.69, 9.17) is 4.42 Å². The minimum atomic E-state index is -0.187. The fourth-order valence-electron chi connectivity index (χ4n) is 3.32. The standard InChI is InChI=1S/C22H18N4O3/c27-18-12-20(16-3-1-2-8-23-16)29-19-7-4-13(9-15(18)19)10-22(28)24-21-11-17(25-26-21)14-5-6-14/h1-4,7-9,11-12,14H,5-6,10H2,(H2,24,25,26,28). The quantitative estimate of drug-likeness (QED) is 0.545. The summed E-state index contributed by atoms with van der Waals surface area (Å²) in [6.07, 6.45) is 4.12. The Kier molecular flexibility index (Phi) is 4.20. The Hall–Kier alpha value is -3.74. The maximum atomic E-state index is 12.6. The van der Waals surface area contributed by atoms with Crippen molar-refractivity contribution in [1.82, 2.24) is 15.2 Å². The zero-order valence-electron chi connectivity index (χ0n) is 15.5. The minimum absolute atomic E-state index is 0.142. The third kappa shape index (κ3) is 3.67. The number of rotatable bonds is 5. The number of aromatic amines is 1. The van der Waals surface area contributed by atoms with Crippen LogP contribution in [0, 0.1) is 0 Å². The first kappa shape index (κ1) is 17.4. The van der Waals surface area contributed by atoms with Crippen molar-refractivity contribution in [2.45, 2.75) is 25.2 Å². The van der Waals surface area contributed by atoms with E-state index >= 15 is 0 Å².